The Bertz CT molecular complexity index is 548. The van der Waals surface area contributed by atoms with Gasteiger partial charge in [0.25, 0.3) is 0 Å². The third-order valence-corrected chi connectivity index (χ3v) is 6.16. The molecule has 1 saturated heterocycles. The molecule has 24 heavy (non-hydrogen) atoms. The summed E-state index contributed by atoms with van der Waals surface area (Å²) in [6.07, 6.45) is 4.55. The summed E-state index contributed by atoms with van der Waals surface area (Å²) >= 11 is 13.6. The van der Waals surface area contributed by atoms with Crippen molar-refractivity contribution in [3.05, 3.63) is 28.2 Å². The van der Waals surface area contributed by atoms with E-state index in [2.05, 4.69) is 17.1 Å². The molecule has 2 rings (SSSR count). The molecule has 1 aromatic rings. The fourth-order valence-electron chi connectivity index (χ4n) is 2.81. The molecule has 1 aliphatic rings. The van der Waals surface area contributed by atoms with E-state index in [0.717, 1.165) is 30.8 Å². The van der Waals surface area contributed by atoms with E-state index in [1.807, 2.05) is 13.0 Å². The lowest BCUT2D eigenvalue weighted by atomic mass is 10.0. The molecule has 6 heteroatoms. The van der Waals surface area contributed by atoms with E-state index in [9.17, 15) is 4.79 Å². The van der Waals surface area contributed by atoms with E-state index in [-0.39, 0.29) is 17.2 Å². The monoisotopic (exact) mass is 388 g/mol. The highest BCUT2D eigenvalue weighted by Gasteiger charge is 2.23. The minimum atomic E-state index is -0.195. The predicted octanol–water partition coefficient (Wildman–Crippen LogP) is 4.85. The van der Waals surface area contributed by atoms with Gasteiger partial charge in [0.2, 0.25) is 5.91 Å². The fourth-order valence-corrected chi connectivity index (χ4v) is 4.23. The van der Waals surface area contributed by atoms with Crippen LogP contribution in [-0.2, 0) is 4.79 Å². The van der Waals surface area contributed by atoms with Gasteiger partial charge >= 0.3 is 0 Å². The minimum absolute atomic E-state index is 0.0723. The highest BCUT2D eigenvalue weighted by Crippen LogP contribution is 2.32. The van der Waals surface area contributed by atoms with Crippen molar-refractivity contribution < 1.29 is 4.79 Å². The Kier molecular flexibility index (Phi) is 8.21. The topological polar surface area (TPSA) is 32.3 Å². The number of unbranched alkanes of at least 4 members (excludes halogenated alkanes) is 1. The Hall–Kier alpha value is -0.420. The lowest BCUT2D eigenvalue weighted by Crippen LogP contribution is -2.46. The molecule has 0 aromatic heterocycles. The first kappa shape index (κ1) is 19.9. The first-order valence-electron chi connectivity index (χ1n) is 8.64. The number of likely N-dealkylation sites (tertiary alicyclic amines) is 1. The molecule has 1 atom stereocenters. The molecule has 0 radical (unpaired) electrons. The molecule has 134 valence electrons. The van der Waals surface area contributed by atoms with Crippen molar-refractivity contribution in [2.75, 3.05) is 19.6 Å². The van der Waals surface area contributed by atoms with Crippen LogP contribution in [0.5, 0.6) is 0 Å². The SMILES string of the molecule is CCCCN1CCC(NC(=O)C(C)Sc2cc(Cl)ccc2Cl)CC1. The average molecular weight is 389 g/mol. The Balaban J connectivity index is 1.79. The van der Waals surface area contributed by atoms with Crippen LogP contribution in [0, 0.1) is 0 Å². The molecule has 1 amide bonds. The lowest BCUT2D eigenvalue weighted by Gasteiger charge is -2.32. The maximum Gasteiger partial charge on any atom is 0.233 e. The Labute approximate surface area is 159 Å². The molecule has 0 bridgehead atoms. The molecule has 3 nitrogen and oxygen atoms in total. The van der Waals surface area contributed by atoms with Gasteiger partial charge < -0.3 is 10.2 Å². The van der Waals surface area contributed by atoms with Crippen LogP contribution in [0.2, 0.25) is 10.0 Å². The lowest BCUT2D eigenvalue weighted by molar-refractivity contribution is -0.121. The number of nitrogens with one attached hydrogen (secondary N) is 1. The zero-order valence-electron chi connectivity index (χ0n) is 14.4. The summed E-state index contributed by atoms with van der Waals surface area (Å²) < 4.78 is 0. The zero-order chi connectivity index (χ0) is 17.5. The third kappa shape index (κ3) is 6.14. The number of carbonyl (C=O) groups is 1. The van der Waals surface area contributed by atoms with Gasteiger partial charge in [-0.1, -0.05) is 36.5 Å². The maximum absolute atomic E-state index is 12.4. The molecule has 1 N–H and O–H groups in total. The van der Waals surface area contributed by atoms with Gasteiger partial charge in [-0.2, -0.15) is 0 Å². The number of amides is 1. The van der Waals surface area contributed by atoms with Crippen molar-refractivity contribution in [1.29, 1.82) is 0 Å². The van der Waals surface area contributed by atoms with E-state index in [1.54, 1.807) is 12.1 Å². The third-order valence-electron chi connectivity index (χ3n) is 4.33. The van der Waals surface area contributed by atoms with Gasteiger partial charge in [0.1, 0.15) is 0 Å². The van der Waals surface area contributed by atoms with E-state index in [1.165, 1.54) is 31.1 Å². The summed E-state index contributed by atoms with van der Waals surface area (Å²) in [5.41, 5.74) is 0. The second kappa shape index (κ2) is 9.91. The minimum Gasteiger partial charge on any atom is -0.352 e. The molecule has 0 aliphatic carbocycles. The first-order chi connectivity index (χ1) is 11.5. The molecular weight excluding hydrogens is 363 g/mol. The van der Waals surface area contributed by atoms with Gasteiger partial charge in [-0.3, -0.25) is 4.79 Å². The number of benzene rings is 1. The number of rotatable bonds is 7. The van der Waals surface area contributed by atoms with Gasteiger partial charge in [-0.25, -0.2) is 0 Å². The van der Waals surface area contributed by atoms with E-state index < -0.39 is 0 Å². The van der Waals surface area contributed by atoms with Crippen molar-refractivity contribution in [2.45, 2.75) is 55.7 Å². The van der Waals surface area contributed by atoms with Gasteiger partial charge in [0.05, 0.1) is 10.3 Å². The summed E-state index contributed by atoms with van der Waals surface area (Å²) in [5, 5.41) is 4.26. The number of piperidine rings is 1. The van der Waals surface area contributed by atoms with Crippen LogP contribution >= 0.6 is 35.0 Å². The Morgan fingerprint density at radius 1 is 1.38 bits per heavy atom. The van der Waals surface area contributed by atoms with Crippen LogP contribution in [0.3, 0.4) is 0 Å². The summed E-state index contributed by atoms with van der Waals surface area (Å²) in [4.78, 5) is 15.8. The van der Waals surface area contributed by atoms with Gasteiger partial charge in [-0.05, 0) is 50.9 Å². The molecular formula is C18H26Cl2N2OS. The average Bonchev–Trinajstić information content (AvgIpc) is 2.57. The summed E-state index contributed by atoms with van der Waals surface area (Å²) in [7, 11) is 0. The highest BCUT2D eigenvalue weighted by molar-refractivity contribution is 8.00. The van der Waals surface area contributed by atoms with Gasteiger partial charge in [0, 0.05) is 29.0 Å². The van der Waals surface area contributed by atoms with Crippen LogP contribution in [0.1, 0.15) is 39.5 Å². The quantitative estimate of drug-likeness (QED) is 0.677. The van der Waals surface area contributed by atoms with E-state index in [4.69, 9.17) is 23.2 Å². The number of carbonyl (C=O) groups excluding carboxylic acids is 1. The van der Waals surface area contributed by atoms with Gasteiger partial charge in [-0.15, -0.1) is 11.8 Å². The second-order valence-electron chi connectivity index (χ2n) is 6.31. The standard InChI is InChI=1S/C18H26Cl2N2OS/c1-3-4-9-22-10-7-15(8-11-22)21-18(23)13(2)24-17-12-14(19)5-6-16(17)20/h5-6,12-13,15H,3-4,7-11H2,1-2H3,(H,21,23). The maximum atomic E-state index is 12.4. The Morgan fingerprint density at radius 2 is 2.08 bits per heavy atom. The summed E-state index contributed by atoms with van der Waals surface area (Å²) in [6, 6.07) is 5.62. The Morgan fingerprint density at radius 3 is 2.75 bits per heavy atom. The molecule has 1 fully saturated rings. The molecule has 1 unspecified atom stereocenters. The largest absolute Gasteiger partial charge is 0.352 e. The molecule has 0 saturated carbocycles. The van der Waals surface area contributed by atoms with Crippen molar-refractivity contribution >= 4 is 40.9 Å². The number of hydrogen-bond acceptors (Lipinski definition) is 3. The smallest absolute Gasteiger partial charge is 0.233 e. The number of hydrogen-bond donors (Lipinski definition) is 1. The summed E-state index contributed by atoms with van der Waals surface area (Å²) in [5.74, 6) is 0.0723. The molecule has 1 aliphatic heterocycles. The van der Waals surface area contributed by atoms with Crippen LogP contribution in [0.4, 0.5) is 0 Å². The van der Waals surface area contributed by atoms with E-state index in [0.29, 0.717) is 10.0 Å². The predicted molar refractivity (Wildman–Crippen MR) is 104 cm³/mol. The normalized spacial score (nSPS) is 17.7. The van der Waals surface area contributed by atoms with Crippen molar-refractivity contribution in [1.82, 2.24) is 10.2 Å². The zero-order valence-corrected chi connectivity index (χ0v) is 16.7. The number of halogens is 2. The van der Waals surface area contributed by atoms with Gasteiger partial charge in [0.15, 0.2) is 0 Å². The first-order valence-corrected chi connectivity index (χ1v) is 10.3. The fraction of sp³-hybridized carbons (Fsp3) is 0.611. The van der Waals surface area contributed by atoms with Crippen molar-refractivity contribution in [3.63, 3.8) is 0 Å². The number of nitrogens with zero attached hydrogens (tertiary/aromatic N) is 1. The second-order valence-corrected chi connectivity index (χ2v) is 8.54. The van der Waals surface area contributed by atoms with Crippen LogP contribution < -0.4 is 5.32 Å². The summed E-state index contributed by atoms with van der Waals surface area (Å²) in [6.45, 7) is 7.46. The van der Waals surface area contributed by atoms with Crippen LogP contribution in [0.15, 0.2) is 23.1 Å². The van der Waals surface area contributed by atoms with E-state index >= 15 is 0 Å². The molecule has 0 spiro atoms. The van der Waals surface area contributed by atoms with Crippen molar-refractivity contribution in [2.24, 2.45) is 0 Å². The van der Waals surface area contributed by atoms with Crippen LogP contribution in [-0.4, -0.2) is 41.7 Å². The van der Waals surface area contributed by atoms with Crippen LogP contribution in [0.25, 0.3) is 0 Å². The number of thioether (sulfide) groups is 1. The molecule has 1 aromatic carbocycles. The van der Waals surface area contributed by atoms with Crippen molar-refractivity contribution in [3.8, 4) is 0 Å². The molecule has 1 heterocycles. The highest BCUT2D eigenvalue weighted by atomic mass is 35.5.